The van der Waals surface area contributed by atoms with E-state index in [1.165, 1.54) is 19.4 Å². The van der Waals surface area contributed by atoms with E-state index < -0.39 is 39.8 Å². The lowest BCUT2D eigenvalue weighted by atomic mass is 9.36. The van der Waals surface area contributed by atoms with Crippen molar-refractivity contribution in [3.63, 3.8) is 0 Å². The Bertz CT molecular complexity index is 1190. The molecule has 2 aliphatic heterocycles. The third-order valence-electron chi connectivity index (χ3n) is 13.7. The maximum Gasteiger partial charge on any atom is 0.302 e. The number of aliphatic hydroxyl groups excluding tert-OH is 1. The van der Waals surface area contributed by atoms with Crippen LogP contribution in [-0.2, 0) is 28.5 Å². The Kier molecular flexibility index (Phi) is 6.74. The summed E-state index contributed by atoms with van der Waals surface area (Å²) in [6.07, 6.45) is 5.22. The highest BCUT2D eigenvalue weighted by atomic mass is 16.7. The van der Waals surface area contributed by atoms with Crippen LogP contribution in [0.4, 0.5) is 0 Å². The van der Waals surface area contributed by atoms with Gasteiger partial charge in [0.15, 0.2) is 0 Å². The molecule has 3 saturated carbocycles. The molecule has 0 bridgehead atoms. The minimum absolute atomic E-state index is 0.00813. The van der Waals surface area contributed by atoms with E-state index in [1.807, 2.05) is 13.8 Å². The maximum atomic E-state index is 12.6. The SMILES string of the molecule is CC(=O)O[C@H]1C[C@@H](O)C(C)(C)[C@@H]2C[C@@H](OC(C)=O)[C@@]3(C)C4=CC[C@@H]([C@H]5CO[C@@]6(O)[C@@H](C5)OC6(C)C)[C@]4(C)CC[C@@H]3[C@@]12C. The van der Waals surface area contributed by atoms with Gasteiger partial charge in [0, 0.05) is 31.1 Å². The van der Waals surface area contributed by atoms with Crippen LogP contribution in [0.15, 0.2) is 11.6 Å². The predicted octanol–water partition coefficient (Wildman–Crippen LogP) is 4.94. The highest BCUT2D eigenvalue weighted by Crippen LogP contribution is 2.74. The van der Waals surface area contributed by atoms with Gasteiger partial charge in [-0.05, 0) is 80.5 Å². The van der Waals surface area contributed by atoms with Crippen molar-refractivity contribution in [2.24, 2.45) is 45.3 Å². The molecule has 4 aliphatic carbocycles. The van der Waals surface area contributed by atoms with Crippen molar-refractivity contribution in [3.05, 3.63) is 11.6 Å². The summed E-state index contributed by atoms with van der Waals surface area (Å²) in [4.78, 5) is 25.0. The highest BCUT2D eigenvalue weighted by molar-refractivity contribution is 5.67. The van der Waals surface area contributed by atoms with Gasteiger partial charge in [-0.1, -0.05) is 46.3 Å². The van der Waals surface area contributed by atoms with Crippen molar-refractivity contribution in [1.29, 1.82) is 0 Å². The van der Waals surface area contributed by atoms with Gasteiger partial charge in [0.2, 0.25) is 5.79 Å². The first-order valence-corrected chi connectivity index (χ1v) is 16.1. The highest BCUT2D eigenvalue weighted by Gasteiger charge is 2.73. The third-order valence-corrected chi connectivity index (χ3v) is 13.7. The number of esters is 2. The normalized spacial score (nSPS) is 51.9. The standard InChI is InChI=1S/C34H52O8/c1-18(35)40-26-15-24-29(3,4)25(37)16-27(41-19(2)36)33(24,9)23-12-13-31(7)21(10-11-22(31)32(23,26)8)20-14-28-34(38,39-17-20)30(5,6)42-28/h11,20-21,23-28,37-38H,10,12-17H2,1-9H3/t20-,21+,23+,24+,25-,26-,27+,28-,31+,32+,33-,34+/m1/s1. The van der Waals surface area contributed by atoms with E-state index in [4.69, 9.17) is 18.9 Å². The molecule has 2 N–H and O–H groups in total. The first-order chi connectivity index (χ1) is 19.3. The number of allylic oxidation sites excluding steroid dienone is 1. The van der Waals surface area contributed by atoms with Gasteiger partial charge in [0.05, 0.1) is 12.7 Å². The molecule has 236 valence electrons. The number of carbonyl (C=O) groups excluding carboxylic acids is 2. The monoisotopic (exact) mass is 588 g/mol. The van der Waals surface area contributed by atoms with E-state index in [9.17, 15) is 19.8 Å². The number of rotatable bonds is 3. The molecule has 8 nitrogen and oxygen atoms in total. The van der Waals surface area contributed by atoms with E-state index in [0.29, 0.717) is 25.4 Å². The van der Waals surface area contributed by atoms with E-state index in [-0.39, 0.29) is 47.3 Å². The minimum Gasteiger partial charge on any atom is -0.462 e. The second-order valence-electron chi connectivity index (χ2n) is 16.3. The molecule has 2 heterocycles. The fourth-order valence-corrected chi connectivity index (χ4v) is 11.5. The molecule has 8 heteroatoms. The smallest absolute Gasteiger partial charge is 0.302 e. The van der Waals surface area contributed by atoms with Crippen molar-refractivity contribution in [2.75, 3.05) is 6.61 Å². The van der Waals surface area contributed by atoms with Gasteiger partial charge >= 0.3 is 11.9 Å². The van der Waals surface area contributed by atoms with Gasteiger partial charge < -0.3 is 29.2 Å². The third kappa shape index (κ3) is 3.80. The Balaban J connectivity index is 1.38. The summed E-state index contributed by atoms with van der Waals surface area (Å²) >= 11 is 0. The molecule has 0 amide bonds. The first-order valence-electron chi connectivity index (χ1n) is 16.1. The quantitative estimate of drug-likeness (QED) is 0.352. The maximum absolute atomic E-state index is 12.6. The summed E-state index contributed by atoms with van der Waals surface area (Å²) in [5.41, 5.74) is -0.788. The van der Waals surface area contributed by atoms with Gasteiger partial charge in [0.25, 0.3) is 0 Å². The summed E-state index contributed by atoms with van der Waals surface area (Å²) in [7, 11) is 0. The summed E-state index contributed by atoms with van der Waals surface area (Å²) in [6.45, 7) is 18.4. The molecule has 6 rings (SSSR count). The second kappa shape index (κ2) is 9.27. The summed E-state index contributed by atoms with van der Waals surface area (Å²) in [5.74, 6) is -1.21. The molecular formula is C34H52O8. The molecular weight excluding hydrogens is 536 g/mol. The van der Waals surface area contributed by atoms with Crippen LogP contribution in [0.5, 0.6) is 0 Å². The molecule has 42 heavy (non-hydrogen) atoms. The zero-order valence-electron chi connectivity index (χ0n) is 27.0. The molecule has 6 aliphatic rings. The fraction of sp³-hybridized carbons (Fsp3) is 0.882. The Morgan fingerprint density at radius 3 is 2.17 bits per heavy atom. The van der Waals surface area contributed by atoms with Crippen molar-refractivity contribution >= 4 is 11.9 Å². The van der Waals surface area contributed by atoms with E-state index >= 15 is 0 Å². The zero-order valence-corrected chi connectivity index (χ0v) is 27.0. The molecule has 0 spiro atoms. The Morgan fingerprint density at radius 2 is 1.57 bits per heavy atom. The number of carbonyl (C=O) groups is 2. The fourth-order valence-electron chi connectivity index (χ4n) is 11.5. The van der Waals surface area contributed by atoms with Crippen LogP contribution in [-0.4, -0.2) is 64.6 Å². The molecule has 0 aromatic rings. The largest absolute Gasteiger partial charge is 0.462 e. The van der Waals surface area contributed by atoms with Gasteiger partial charge in [-0.15, -0.1) is 0 Å². The second-order valence-corrected chi connectivity index (χ2v) is 16.3. The minimum atomic E-state index is -1.24. The van der Waals surface area contributed by atoms with Gasteiger partial charge in [-0.25, -0.2) is 0 Å². The number of hydrogen-bond donors (Lipinski definition) is 2. The van der Waals surface area contributed by atoms with Crippen molar-refractivity contribution in [1.82, 2.24) is 0 Å². The lowest BCUT2D eigenvalue weighted by Gasteiger charge is -2.70. The molecule has 0 aromatic heterocycles. The lowest BCUT2D eigenvalue weighted by molar-refractivity contribution is -0.457. The van der Waals surface area contributed by atoms with Crippen molar-refractivity contribution in [2.45, 2.75) is 137 Å². The van der Waals surface area contributed by atoms with Crippen LogP contribution >= 0.6 is 0 Å². The molecule has 2 saturated heterocycles. The summed E-state index contributed by atoms with van der Waals surface area (Å²) < 4.78 is 24.6. The molecule has 12 atom stereocenters. The Labute approximate surface area is 250 Å². The summed E-state index contributed by atoms with van der Waals surface area (Å²) in [5, 5.41) is 22.5. The van der Waals surface area contributed by atoms with Crippen LogP contribution in [0.3, 0.4) is 0 Å². The number of ether oxygens (including phenoxy) is 4. The van der Waals surface area contributed by atoms with Gasteiger partial charge in [-0.2, -0.15) is 0 Å². The first kappa shape index (κ1) is 30.5. The zero-order chi connectivity index (χ0) is 30.8. The van der Waals surface area contributed by atoms with E-state index in [2.05, 4.69) is 40.7 Å². The van der Waals surface area contributed by atoms with Crippen molar-refractivity contribution < 1.29 is 38.7 Å². The predicted molar refractivity (Wildman–Crippen MR) is 155 cm³/mol. The molecule has 0 unspecified atom stereocenters. The Hall–Kier alpha value is -1.48. The molecule has 0 radical (unpaired) electrons. The topological polar surface area (TPSA) is 112 Å². The number of aliphatic hydroxyl groups is 2. The van der Waals surface area contributed by atoms with Crippen molar-refractivity contribution in [3.8, 4) is 0 Å². The lowest BCUT2D eigenvalue weighted by Crippen LogP contribution is -2.75. The van der Waals surface area contributed by atoms with E-state index in [1.54, 1.807) is 0 Å². The van der Waals surface area contributed by atoms with Crippen LogP contribution in [0.25, 0.3) is 0 Å². The van der Waals surface area contributed by atoms with E-state index in [0.717, 1.165) is 25.7 Å². The average molecular weight is 589 g/mol. The molecule has 0 aromatic carbocycles. The van der Waals surface area contributed by atoms with Crippen LogP contribution in [0, 0.1) is 45.3 Å². The van der Waals surface area contributed by atoms with Crippen LogP contribution in [0.2, 0.25) is 0 Å². The molecule has 5 fully saturated rings. The Morgan fingerprint density at radius 1 is 0.929 bits per heavy atom. The van der Waals surface area contributed by atoms with Crippen LogP contribution < -0.4 is 0 Å². The summed E-state index contributed by atoms with van der Waals surface area (Å²) in [6, 6.07) is 0. The number of fused-ring (bicyclic) bond motifs is 6. The van der Waals surface area contributed by atoms with Gasteiger partial charge in [-0.3, -0.25) is 9.59 Å². The van der Waals surface area contributed by atoms with Gasteiger partial charge in [0.1, 0.15) is 23.9 Å². The average Bonchev–Trinajstić information content (AvgIpc) is 3.23. The number of hydrogen-bond acceptors (Lipinski definition) is 8. The van der Waals surface area contributed by atoms with Crippen LogP contribution in [0.1, 0.15) is 101 Å².